The molecular weight excluding hydrogens is 204 g/mol. The second-order valence-electron chi connectivity index (χ2n) is 4.66. The van der Waals surface area contributed by atoms with Gasteiger partial charge in [-0.25, -0.2) is 0 Å². The summed E-state index contributed by atoms with van der Waals surface area (Å²) in [4.78, 5) is 0. The van der Waals surface area contributed by atoms with E-state index in [1.807, 2.05) is 18.2 Å². The molecule has 1 aliphatic carbocycles. The van der Waals surface area contributed by atoms with Crippen LogP contribution in [0, 0.1) is 0 Å². The molecule has 1 N–H and O–H groups in total. The molecule has 1 aromatic carbocycles. The Labute approximate surface area is 95.0 Å². The molecule has 0 saturated heterocycles. The molecule has 0 atom stereocenters. The van der Waals surface area contributed by atoms with Crippen LogP contribution in [0.3, 0.4) is 0 Å². The highest BCUT2D eigenvalue weighted by Crippen LogP contribution is 2.41. The van der Waals surface area contributed by atoms with Crippen LogP contribution < -0.4 is 9.47 Å². The van der Waals surface area contributed by atoms with Crippen LogP contribution in [0.4, 0.5) is 0 Å². The van der Waals surface area contributed by atoms with Gasteiger partial charge in [-0.1, -0.05) is 25.3 Å². The van der Waals surface area contributed by atoms with Crippen LogP contribution in [0.15, 0.2) is 18.2 Å². The fourth-order valence-corrected chi connectivity index (χ4v) is 2.61. The predicted octanol–water partition coefficient (Wildman–Crippen LogP) is 2.57. The average molecular weight is 220 g/mol. The zero-order chi connectivity index (χ0) is 11.0. The molecule has 1 fully saturated rings. The molecule has 2 aliphatic rings. The molecule has 3 rings (SSSR count). The lowest BCUT2D eigenvalue weighted by atomic mass is 9.80. The van der Waals surface area contributed by atoms with E-state index >= 15 is 0 Å². The molecule has 86 valence electrons. The van der Waals surface area contributed by atoms with Gasteiger partial charge in [0.15, 0.2) is 11.5 Å². The second-order valence-corrected chi connectivity index (χ2v) is 4.66. The quantitative estimate of drug-likeness (QED) is 0.790. The molecule has 1 aliphatic heterocycles. The molecule has 0 spiro atoms. The monoisotopic (exact) mass is 220 g/mol. The van der Waals surface area contributed by atoms with E-state index in [0.717, 1.165) is 42.7 Å². The Morgan fingerprint density at radius 1 is 1.00 bits per heavy atom. The minimum Gasteiger partial charge on any atom is -0.454 e. The summed E-state index contributed by atoms with van der Waals surface area (Å²) in [6, 6.07) is 5.77. The molecule has 1 aromatic rings. The summed E-state index contributed by atoms with van der Waals surface area (Å²) in [5, 5.41) is 10.6. The van der Waals surface area contributed by atoms with Crippen LogP contribution in [0.25, 0.3) is 0 Å². The van der Waals surface area contributed by atoms with Gasteiger partial charge in [-0.2, -0.15) is 0 Å². The Hall–Kier alpha value is -1.22. The second kappa shape index (κ2) is 3.67. The Kier molecular flexibility index (Phi) is 2.28. The highest BCUT2D eigenvalue weighted by molar-refractivity contribution is 5.46. The van der Waals surface area contributed by atoms with Crippen molar-refractivity contribution in [2.24, 2.45) is 0 Å². The normalized spacial score (nSPS) is 22.1. The van der Waals surface area contributed by atoms with Crippen molar-refractivity contribution < 1.29 is 14.6 Å². The standard InChI is InChI=1S/C13H16O3/c14-13(6-2-1-3-7-13)10-4-5-11-12(8-10)16-9-15-11/h4-5,8,14H,1-3,6-7,9H2. The Morgan fingerprint density at radius 2 is 1.75 bits per heavy atom. The summed E-state index contributed by atoms with van der Waals surface area (Å²) in [5.74, 6) is 1.54. The van der Waals surface area contributed by atoms with Gasteiger partial charge in [-0.05, 0) is 30.5 Å². The SMILES string of the molecule is OC1(c2ccc3c(c2)OCO3)CCCCC1. The smallest absolute Gasteiger partial charge is 0.231 e. The Balaban J connectivity index is 1.93. The number of benzene rings is 1. The number of ether oxygens (including phenoxy) is 2. The Morgan fingerprint density at radius 3 is 2.56 bits per heavy atom. The zero-order valence-corrected chi connectivity index (χ0v) is 9.24. The first-order valence-corrected chi connectivity index (χ1v) is 5.90. The third kappa shape index (κ3) is 1.55. The topological polar surface area (TPSA) is 38.7 Å². The van der Waals surface area contributed by atoms with E-state index in [1.165, 1.54) is 6.42 Å². The van der Waals surface area contributed by atoms with Crippen molar-refractivity contribution in [2.75, 3.05) is 6.79 Å². The van der Waals surface area contributed by atoms with Crippen LogP contribution in [0.2, 0.25) is 0 Å². The van der Waals surface area contributed by atoms with Crippen molar-refractivity contribution in [2.45, 2.75) is 37.7 Å². The largest absolute Gasteiger partial charge is 0.454 e. The highest BCUT2D eigenvalue weighted by Gasteiger charge is 2.32. The van der Waals surface area contributed by atoms with Gasteiger partial charge in [0.2, 0.25) is 6.79 Å². The average Bonchev–Trinajstić information content (AvgIpc) is 2.77. The van der Waals surface area contributed by atoms with Gasteiger partial charge in [-0.15, -0.1) is 0 Å². The van der Waals surface area contributed by atoms with Gasteiger partial charge in [0.05, 0.1) is 5.60 Å². The fourth-order valence-electron chi connectivity index (χ4n) is 2.61. The molecule has 1 heterocycles. The van der Waals surface area contributed by atoms with E-state index in [0.29, 0.717) is 0 Å². The van der Waals surface area contributed by atoms with Gasteiger partial charge >= 0.3 is 0 Å². The van der Waals surface area contributed by atoms with E-state index in [1.54, 1.807) is 0 Å². The summed E-state index contributed by atoms with van der Waals surface area (Å²) in [5.41, 5.74) is 0.315. The van der Waals surface area contributed by atoms with Gasteiger partial charge in [0.25, 0.3) is 0 Å². The van der Waals surface area contributed by atoms with E-state index in [2.05, 4.69) is 0 Å². The molecular formula is C13H16O3. The van der Waals surface area contributed by atoms with Crippen molar-refractivity contribution >= 4 is 0 Å². The molecule has 1 saturated carbocycles. The molecule has 0 amide bonds. The minimum atomic E-state index is -0.654. The van der Waals surface area contributed by atoms with Crippen LogP contribution in [-0.4, -0.2) is 11.9 Å². The molecule has 0 unspecified atom stereocenters. The van der Waals surface area contributed by atoms with Gasteiger partial charge < -0.3 is 14.6 Å². The molecule has 0 bridgehead atoms. The van der Waals surface area contributed by atoms with Crippen LogP contribution in [0.1, 0.15) is 37.7 Å². The third-order valence-corrected chi connectivity index (χ3v) is 3.59. The summed E-state index contributed by atoms with van der Waals surface area (Å²) >= 11 is 0. The van der Waals surface area contributed by atoms with Crippen LogP contribution in [0.5, 0.6) is 11.5 Å². The van der Waals surface area contributed by atoms with E-state index in [9.17, 15) is 5.11 Å². The molecule has 16 heavy (non-hydrogen) atoms. The summed E-state index contributed by atoms with van der Waals surface area (Å²) in [6.45, 7) is 0.289. The van der Waals surface area contributed by atoms with Crippen molar-refractivity contribution in [3.8, 4) is 11.5 Å². The van der Waals surface area contributed by atoms with Gasteiger partial charge in [-0.3, -0.25) is 0 Å². The summed E-state index contributed by atoms with van der Waals surface area (Å²) in [7, 11) is 0. The molecule has 0 aromatic heterocycles. The lowest BCUT2D eigenvalue weighted by Crippen LogP contribution is -2.28. The first kappa shape index (κ1) is 9.97. The molecule has 3 heteroatoms. The lowest BCUT2D eigenvalue weighted by Gasteiger charge is -2.32. The summed E-state index contributed by atoms with van der Waals surface area (Å²) in [6.07, 6.45) is 5.14. The van der Waals surface area contributed by atoms with E-state index in [4.69, 9.17) is 9.47 Å². The van der Waals surface area contributed by atoms with E-state index < -0.39 is 5.60 Å². The lowest BCUT2D eigenvalue weighted by molar-refractivity contribution is -0.000771. The maximum absolute atomic E-state index is 10.6. The Bertz CT molecular complexity index is 394. The number of hydrogen-bond acceptors (Lipinski definition) is 3. The molecule has 3 nitrogen and oxygen atoms in total. The number of rotatable bonds is 1. The predicted molar refractivity (Wildman–Crippen MR) is 59.5 cm³/mol. The number of aliphatic hydroxyl groups is 1. The first-order valence-electron chi connectivity index (χ1n) is 5.90. The van der Waals surface area contributed by atoms with E-state index in [-0.39, 0.29) is 6.79 Å². The fraction of sp³-hybridized carbons (Fsp3) is 0.538. The van der Waals surface area contributed by atoms with Crippen molar-refractivity contribution in [1.82, 2.24) is 0 Å². The maximum atomic E-state index is 10.6. The highest BCUT2D eigenvalue weighted by atomic mass is 16.7. The number of fused-ring (bicyclic) bond motifs is 1. The van der Waals surface area contributed by atoms with Crippen molar-refractivity contribution in [3.05, 3.63) is 23.8 Å². The third-order valence-electron chi connectivity index (χ3n) is 3.59. The zero-order valence-electron chi connectivity index (χ0n) is 9.24. The van der Waals surface area contributed by atoms with Gasteiger partial charge in [0.1, 0.15) is 0 Å². The maximum Gasteiger partial charge on any atom is 0.231 e. The number of hydrogen-bond donors (Lipinski definition) is 1. The van der Waals surface area contributed by atoms with Crippen molar-refractivity contribution in [3.63, 3.8) is 0 Å². The first-order chi connectivity index (χ1) is 7.78. The minimum absolute atomic E-state index is 0.289. The van der Waals surface area contributed by atoms with Gasteiger partial charge in [0, 0.05) is 0 Å². The van der Waals surface area contributed by atoms with Crippen molar-refractivity contribution in [1.29, 1.82) is 0 Å². The molecule has 0 radical (unpaired) electrons. The summed E-state index contributed by atoms with van der Waals surface area (Å²) < 4.78 is 10.6. The van der Waals surface area contributed by atoms with Crippen LogP contribution in [-0.2, 0) is 5.60 Å². The van der Waals surface area contributed by atoms with Crippen LogP contribution >= 0.6 is 0 Å².